The first-order valence-corrected chi connectivity index (χ1v) is 4.97. The van der Waals surface area contributed by atoms with Crippen LogP contribution in [-0.2, 0) is 0 Å². The molecule has 0 aliphatic carbocycles. The third-order valence-electron chi connectivity index (χ3n) is 1.93. The molecular weight excluding hydrogens is 235 g/mol. The van der Waals surface area contributed by atoms with E-state index < -0.39 is 0 Å². The predicted octanol–water partition coefficient (Wildman–Crippen LogP) is 3.14. The van der Waals surface area contributed by atoms with E-state index in [0.29, 0.717) is 15.9 Å². The van der Waals surface area contributed by atoms with Gasteiger partial charge in [-0.3, -0.25) is 4.79 Å². The number of Topliss-reactive ketones (excluding diaryl/α,β-unsaturated/α-hetero) is 1. The summed E-state index contributed by atoms with van der Waals surface area (Å²) in [7, 11) is 0. The molecule has 2 aromatic rings. The number of carbonyl (C=O) groups is 1. The predicted molar refractivity (Wildman–Crippen MR) is 59.6 cm³/mol. The molecule has 5 heteroatoms. The molecule has 0 aliphatic heterocycles. The van der Waals surface area contributed by atoms with Gasteiger partial charge >= 0.3 is 0 Å². The van der Waals surface area contributed by atoms with Gasteiger partial charge in [0.2, 0.25) is 0 Å². The molecule has 3 nitrogen and oxygen atoms in total. The summed E-state index contributed by atoms with van der Waals surface area (Å²) in [6.45, 7) is 1.39. The number of fused-ring (bicyclic) bond motifs is 1. The molecule has 0 aliphatic rings. The van der Waals surface area contributed by atoms with Gasteiger partial charge in [0, 0.05) is 17.3 Å². The summed E-state index contributed by atoms with van der Waals surface area (Å²) in [5.74, 6) is -0.117. The zero-order chi connectivity index (χ0) is 11.0. The van der Waals surface area contributed by atoms with E-state index in [1.165, 1.54) is 6.92 Å². The van der Waals surface area contributed by atoms with Crippen LogP contribution in [0.1, 0.15) is 17.5 Å². The third kappa shape index (κ3) is 1.94. The smallest absolute Gasteiger partial charge is 0.197 e. The van der Waals surface area contributed by atoms with Gasteiger partial charge in [0.05, 0.1) is 5.52 Å². The molecule has 1 aromatic carbocycles. The normalized spacial score (nSPS) is 10.6. The molecule has 2 rings (SSSR count). The van der Waals surface area contributed by atoms with Crippen molar-refractivity contribution < 1.29 is 4.79 Å². The Kier molecular flexibility index (Phi) is 2.59. The molecule has 0 radical (unpaired) electrons. The number of halogens is 2. The van der Waals surface area contributed by atoms with E-state index in [-0.39, 0.29) is 16.8 Å². The Morgan fingerprint density at radius 3 is 2.67 bits per heavy atom. The second-order valence-electron chi connectivity index (χ2n) is 3.06. The Morgan fingerprint density at radius 1 is 1.27 bits per heavy atom. The van der Waals surface area contributed by atoms with E-state index in [1.54, 1.807) is 18.2 Å². The third-order valence-corrected chi connectivity index (χ3v) is 2.45. The summed E-state index contributed by atoms with van der Waals surface area (Å²) in [6.07, 6.45) is 0. The maximum Gasteiger partial charge on any atom is 0.197 e. The largest absolute Gasteiger partial charge is 0.291 e. The molecule has 76 valence electrons. The van der Waals surface area contributed by atoms with Crippen molar-refractivity contribution >= 4 is 39.9 Å². The molecule has 0 N–H and O–H groups in total. The summed E-state index contributed by atoms with van der Waals surface area (Å²) in [6, 6.07) is 5.08. The SMILES string of the molecule is CC(=O)c1nc(Cl)c2ccc(Cl)cc2n1. The van der Waals surface area contributed by atoms with Crippen LogP contribution in [0.25, 0.3) is 10.9 Å². The zero-order valence-corrected chi connectivity index (χ0v) is 9.30. The van der Waals surface area contributed by atoms with Gasteiger partial charge < -0.3 is 0 Å². The molecule has 15 heavy (non-hydrogen) atoms. The Balaban J connectivity index is 2.79. The van der Waals surface area contributed by atoms with E-state index in [9.17, 15) is 4.79 Å². The monoisotopic (exact) mass is 240 g/mol. The van der Waals surface area contributed by atoms with Gasteiger partial charge in [-0.1, -0.05) is 23.2 Å². The zero-order valence-electron chi connectivity index (χ0n) is 7.79. The lowest BCUT2D eigenvalue weighted by atomic mass is 10.2. The van der Waals surface area contributed by atoms with Crippen molar-refractivity contribution in [1.82, 2.24) is 9.97 Å². The minimum atomic E-state index is -0.223. The molecule has 0 bridgehead atoms. The highest BCUT2D eigenvalue weighted by Gasteiger charge is 2.09. The van der Waals surface area contributed by atoms with E-state index in [2.05, 4.69) is 9.97 Å². The minimum Gasteiger partial charge on any atom is -0.291 e. The lowest BCUT2D eigenvalue weighted by Crippen LogP contribution is -2.01. The van der Waals surface area contributed by atoms with E-state index in [4.69, 9.17) is 23.2 Å². The first-order valence-electron chi connectivity index (χ1n) is 4.21. The van der Waals surface area contributed by atoms with Crippen LogP contribution in [0.2, 0.25) is 10.2 Å². The maximum atomic E-state index is 11.1. The number of hydrogen-bond acceptors (Lipinski definition) is 3. The molecule has 0 saturated carbocycles. The molecular formula is C10H6Cl2N2O. The van der Waals surface area contributed by atoms with Crippen molar-refractivity contribution in [3.05, 3.63) is 34.2 Å². The van der Waals surface area contributed by atoms with Crippen LogP contribution in [0.4, 0.5) is 0 Å². The van der Waals surface area contributed by atoms with Crippen LogP contribution in [0.5, 0.6) is 0 Å². The highest BCUT2D eigenvalue weighted by molar-refractivity contribution is 6.35. The number of hydrogen-bond donors (Lipinski definition) is 0. The van der Waals surface area contributed by atoms with Crippen molar-refractivity contribution in [3.8, 4) is 0 Å². The van der Waals surface area contributed by atoms with Crippen LogP contribution in [0, 0.1) is 0 Å². The first-order chi connectivity index (χ1) is 7.08. The van der Waals surface area contributed by atoms with Gasteiger partial charge in [-0.05, 0) is 18.2 Å². The van der Waals surface area contributed by atoms with Crippen molar-refractivity contribution in [2.24, 2.45) is 0 Å². The number of benzene rings is 1. The van der Waals surface area contributed by atoms with Gasteiger partial charge in [0.15, 0.2) is 11.6 Å². The molecule has 0 saturated heterocycles. The number of aromatic nitrogens is 2. The number of rotatable bonds is 1. The van der Waals surface area contributed by atoms with E-state index >= 15 is 0 Å². The molecule has 1 aromatic heterocycles. The van der Waals surface area contributed by atoms with Crippen LogP contribution < -0.4 is 0 Å². The highest BCUT2D eigenvalue weighted by atomic mass is 35.5. The summed E-state index contributed by atoms with van der Waals surface area (Å²) >= 11 is 11.7. The summed E-state index contributed by atoms with van der Waals surface area (Å²) < 4.78 is 0. The molecule has 0 amide bonds. The van der Waals surface area contributed by atoms with E-state index in [1.807, 2.05) is 0 Å². The maximum absolute atomic E-state index is 11.1. The number of ketones is 1. The average Bonchev–Trinajstić information content (AvgIpc) is 2.16. The van der Waals surface area contributed by atoms with Crippen LogP contribution in [-0.4, -0.2) is 15.8 Å². The molecule has 1 heterocycles. The molecule has 0 fully saturated rings. The second-order valence-corrected chi connectivity index (χ2v) is 3.85. The van der Waals surface area contributed by atoms with E-state index in [0.717, 1.165) is 0 Å². The molecule has 0 spiro atoms. The Hall–Kier alpha value is -1.19. The summed E-state index contributed by atoms with van der Waals surface area (Å²) in [5, 5.41) is 1.50. The molecule has 0 unspecified atom stereocenters. The fourth-order valence-corrected chi connectivity index (χ4v) is 1.63. The second kappa shape index (κ2) is 3.76. The minimum absolute atomic E-state index is 0.106. The van der Waals surface area contributed by atoms with Gasteiger partial charge in [-0.15, -0.1) is 0 Å². The van der Waals surface area contributed by atoms with Crippen molar-refractivity contribution in [2.45, 2.75) is 6.92 Å². The van der Waals surface area contributed by atoms with Gasteiger partial charge in [-0.2, -0.15) is 0 Å². The Labute approximate surface area is 96.1 Å². The van der Waals surface area contributed by atoms with Gasteiger partial charge in [0.1, 0.15) is 5.15 Å². The van der Waals surface area contributed by atoms with Crippen molar-refractivity contribution in [2.75, 3.05) is 0 Å². The standard InChI is InChI=1S/C10H6Cl2N2O/c1-5(15)10-13-8-4-6(11)2-3-7(8)9(12)14-10/h2-4H,1H3. The highest BCUT2D eigenvalue weighted by Crippen LogP contribution is 2.23. The Morgan fingerprint density at radius 2 is 2.00 bits per heavy atom. The summed E-state index contributed by atoms with van der Waals surface area (Å²) in [4.78, 5) is 19.1. The lowest BCUT2D eigenvalue weighted by Gasteiger charge is -2.01. The van der Waals surface area contributed by atoms with Gasteiger partial charge in [-0.25, -0.2) is 9.97 Å². The van der Waals surface area contributed by atoms with Crippen molar-refractivity contribution in [3.63, 3.8) is 0 Å². The fraction of sp³-hybridized carbons (Fsp3) is 0.100. The van der Waals surface area contributed by atoms with Crippen LogP contribution in [0.3, 0.4) is 0 Å². The number of nitrogens with zero attached hydrogens (tertiary/aromatic N) is 2. The van der Waals surface area contributed by atoms with Crippen LogP contribution in [0.15, 0.2) is 18.2 Å². The number of carbonyl (C=O) groups excluding carboxylic acids is 1. The topological polar surface area (TPSA) is 42.9 Å². The average molecular weight is 241 g/mol. The quantitative estimate of drug-likeness (QED) is 0.569. The van der Waals surface area contributed by atoms with Gasteiger partial charge in [0.25, 0.3) is 0 Å². The first kappa shape index (κ1) is 10.3. The summed E-state index contributed by atoms with van der Waals surface area (Å²) in [5.41, 5.74) is 0.577. The van der Waals surface area contributed by atoms with Crippen LogP contribution >= 0.6 is 23.2 Å². The Bertz CT molecular complexity index is 554. The molecule has 0 atom stereocenters. The fourth-order valence-electron chi connectivity index (χ4n) is 1.22. The van der Waals surface area contributed by atoms with Crippen molar-refractivity contribution in [1.29, 1.82) is 0 Å². The lowest BCUT2D eigenvalue weighted by molar-refractivity contribution is 0.100.